The third kappa shape index (κ3) is 8.88. The summed E-state index contributed by atoms with van der Waals surface area (Å²) < 4.78 is 29.2. The van der Waals surface area contributed by atoms with E-state index in [1.165, 1.54) is 31.1 Å². The van der Waals surface area contributed by atoms with Crippen LogP contribution < -0.4 is 15.0 Å². The number of halogens is 1. The molecule has 0 aliphatic carbocycles. The summed E-state index contributed by atoms with van der Waals surface area (Å²) in [6.45, 7) is 10.8. The molecule has 3 aliphatic heterocycles. The van der Waals surface area contributed by atoms with E-state index in [-0.39, 0.29) is 36.1 Å². The Bertz CT molecular complexity index is 1560. The Labute approximate surface area is 305 Å². The Kier molecular flexibility index (Phi) is 12.5. The molecule has 1 aromatic carbocycles. The molecule has 3 aliphatic rings. The summed E-state index contributed by atoms with van der Waals surface area (Å²) >= 11 is 6.75. The number of aliphatic hydroxyl groups is 1. The number of epoxide rings is 1. The monoisotopic (exact) mass is 733 g/mol. The number of nitrogens with zero attached hydrogens (tertiary/aromatic N) is 2. The highest BCUT2D eigenvalue weighted by Crippen LogP contribution is 2.49. The molecule has 2 saturated heterocycles. The maximum absolute atomic E-state index is 14.1. The molecule has 8 atom stereocenters. The number of likely N-dealkylation sites (N-methyl/N-ethyl adjacent to an activating group) is 1. The Morgan fingerprint density at radius 3 is 2.53 bits per heavy atom. The van der Waals surface area contributed by atoms with Gasteiger partial charge in [-0.15, -0.1) is 0 Å². The number of nitrogens with one attached hydrogen (secondary N) is 1. The number of anilines is 1. The second-order valence-corrected chi connectivity index (χ2v) is 14.9. The van der Waals surface area contributed by atoms with Crippen molar-refractivity contribution < 1.29 is 48.0 Å². The number of fused-ring (bicyclic) bond motifs is 5. The Morgan fingerprint density at radius 1 is 1.22 bits per heavy atom. The highest BCUT2D eigenvalue weighted by molar-refractivity contribution is 6.35. The first kappa shape index (κ1) is 40.1. The van der Waals surface area contributed by atoms with Gasteiger partial charge in [-0.2, -0.15) is 0 Å². The van der Waals surface area contributed by atoms with Crippen molar-refractivity contribution >= 4 is 41.2 Å². The number of methoxy groups -OCH3 is 2. The van der Waals surface area contributed by atoms with E-state index in [9.17, 15) is 24.3 Å². The van der Waals surface area contributed by atoms with E-state index < -0.39 is 65.7 Å². The van der Waals surface area contributed by atoms with E-state index in [1.807, 2.05) is 26.8 Å². The van der Waals surface area contributed by atoms with Gasteiger partial charge < -0.3 is 38.6 Å². The molecule has 2 fully saturated rings. The zero-order valence-corrected chi connectivity index (χ0v) is 31.9. The number of allylic oxidation sites excluding steroid dienone is 3. The van der Waals surface area contributed by atoms with Crippen molar-refractivity contribution in [2.75, 3.05) is 33.2 Å². The number of ether oxygens (including phenoxy) is 5. The van der Waals surface area contributed by atoms with E-state index in [0.717, 1.165) is 11.1 Å². The first-order valence-corrected chi connectivity index (χ1v) is 17.6. The number of rotatable bonds is 7. The van der Waals surface area contributed by atoms with Crippen LogP contribution in [0.15, 0.2) is 35.9 Å². The van der Waals surface area contributed by atoms with Gasteiger partial charge in [-0.05, 0) is 50.8 Å². The number of hydrogen-bond acceptors (Lipinski definition) is 10. The summed E-state index contributed by atoms with van der Waals surface area (Å²) in [4.78, 5) is 56.1. The van der Waals surface area contributed by atoms with Crippen molar-refractivity contribution in [3.63, 3.8) is 0 Å². The average molecular weight is 734 g/mol. The molecular weight excluding hydrogens is 682 g/mol. The maximum Gasteiger partial charge on any atom is 0.409 e. The molecule has 0 spiro atoms. The zero-order chi connectivity index (χ0) is 38.0. The number of carbonyl (C=O) groups is 4. The molecular formula is C37H52ClN3O10. The number of benzene rings is 1. The third-order valence-electron chi connectivity index (χ3n) is 10.1. The highest BCUT2D eigenvalue weighted by Gasteiger charge is 2.64. The van der Waals surface area contributed by atoms with Crippen LogP contribution in [0.2, 0.25) is 5.02 Å². The summed E-state index contributed by atoms with van der Waals surface area (Å²) in [6, 6.07) is 2.64. The van der Waals surface area contributed by atoms with Crippen molar-refractivity contribution in [2.24, 2.45) is 11.8 Å². The van der Waals surface area contributed by atoms with E-state index in [1.54, 1.807) is 52.1 Å². The number of carbonyl (C=O) groups excluding carboxylic acids is 4. The fourth-order valence-corrected chi connectivity index (χ4v) is 7.02. The van der Waals surface area contributed by atoms with Crippen LogP contribution in [0.3, 0.4) is 0 Å². The van der Waals surface area contributed by atoms with Gasteiger partial charge in [-0.3, -0.25) is 14.9 Å². The molecule has 51 heavy (non-hydrogen) atoms. The van der Waals surface area contributed by atoms with Crippen molar-refractivity contribution in [3.8, 4) is 5.75 Å². The van der Waals surface area contributed by atoms with Gasteiger partial charge in [0, 0.05) is 40.0 Å². The summed E-state index contributed by atoms with van der Waals surface area (Å²) in [5, 5.41) is 14.5. The average Bonchev–Trinajstić information content (AvgIpc) is 3.76. The predicted octanol–water partition coefficient (Wildman–Crippen LogP) is 4.56. The quantitative estimate of drug-likeness (QED) is 0.301. The topological polar surface area (TPSA) is 156 Å². The smallest absolute Gasteiger partial charge is 0.409 e. The van der Waals surface area contributed by atoms with E-state index in [4.69, 9.17) is 35.3 Å². The van der Waals surface area contributed by atoms with Crippen LogP contribution in [0.5, 0.6) is 5.75 Å². The number of amides is 3. The molecule has 3 heterocycles. The van der Waals surface area contributed by atoms with Gasteiger partial charge >= 0.3 is 12.1 Å². The Hall–Kier alpha value is -3.65. The van der Waals surface area contributed by atoms with Gasteiger partial charge in [-0.1, -0.05) is 56.2 Å². The second kappa shape index (κ2) is 15.9. The van der Waals surface area contributed by atoms with Crippen molar-refractivity contribution in [2.45, 2.75) is 109 Å². The molecule has 3 amide bonds. The van der Waals surface area contributed by atoms with E-state index >= 15 is 0 Å². The number of alkyl carbamates (subject to hydrolysis) is 1. The fourth-order valence-electron chi connectivity index (χ4n) is 6.71. The maximum atomic E-state index is 14.1. The van der Waals surface area contributed by atoms with Gasteiger partial charge in [0.15, 0.2) is 5.72 Å². The molecule has 1 aromatic rings. The van der Waals surface area contributed by atoms with Crippen LogP contribution in [0.1, 0.15) is 66.4 Å². The molecule has 282 valence electrons. The van der Waals surface area contributed by atoms with Gasteiger partial charge in [0.05, 0.1) is 25.3 Å². The van der Waals surface area contributed by atoms with Crippen LogP contribution in [-0.2, 0) is 39.8 Å². The minimum absolute atomic E-state index is 0.0442. The van der Waals surface area contributed by atoms with Crippen LogP contribution in [-0.4, -0.2) is 104 Å². The van der Waals surface area contributed by atoms with Crippen molar-refractivity contribution in [1.29, 1.82) is 0 Å². The van der Waals surface area contributed by atoms with Crippen LogP contribution >= 0.6 is 11.6 Å². The summed E-state index contributed by atoms with van der Waals surface area (Å²) in [7, 11) is 6.04. The second-order valence-electron chi connectivity index (χ2n) is 14.5. The molecule has 0 aromatic heterocycles. The predicted molar refractivity (Wildman–Crippen MR) is 190 cm³/mol. The lowest BCUT2D eigenvalue weighted by Crippen LogP contribution is -2.63. The molecule has 13 nitrogen and oxygen atoms in total. The summed E-state index contributed by atoms with van der Waals surface area (Å²) in [5.74, 6) is -1.41. The Morgan fingerprint density at radius 2 is 1.90 bits per heavy atom. The lowest BCUT2D eigenvalue weighted by atomic mass is 9.83. The standard InChI is InChI=1S/C37H52ClN3O10/c1-20(2)14-30(42)40(7)23(5)34(44)50-29-18-31(43)41(8)25-16-24(17-26(47-9)32(25)38)15-21(3)12-11-13-28(48-10)37(46)19-27(49-35(45)39-37)22(4)33-36(29,6)51-33/h11-13,16-17,20,22-23,27-29,33,46H,14-15,18-19H2,1-10H3,(H,39,45)/b13-11?,21-12+/t22-,23+,27+,28-,29+,33+,36+,37+/m1/s1. The highest BCUT2D eigenvalue weighted by atomic mass is 35.5. The first-order valence-electron chi connectivity index (χ1n) is 17.2. The minimum Gasteiger partial charge on any atom is -0.495 e. The first-order chi connectivity index (χ1) is 23.8. The Balaban J connectivity index is 1.77. The SMILES string of the molecule is COc1cc2cc(c1Cl)N(C)C(=O)C[C@H](OC(=O)[C@H](C)N(C)C(=O)CC(C)C)[C@]1(C)O[C@H]1[C@H](C)[C@@H]1C[C@@](O)(NC(=O)O1)[C@H](OC)C=C/C=C(\C)C2. The molecule has 0 saturated carbocycles. The van der Waals surface area contributed by atoms with Gasteiger partial charge in [-0.25, -0.2) is 9.59 Å². The molecule has 14 heteroatoms. The van der Waals surface area contributed by atoms with Crippen molar-refractivity contribution in [1.82, 2.24) is 10.2 Å². The largest absolute Gasteiger partial charge is 0.495 e. The molecule has 0 radical (unpaired) electrons. The van der Waals surface area contributed by atoms with Gasteiger partial charge in [0.25, 0.3) is 0 Å². The lowest BCUT2D eigenvalue weighted by molar-refractivity contribution is -0.162. The minimum atomic E-state index is -1.82. The van der Waals surface area contributed by atoms with Crippen LogP contribution in [0.4, 0.5) is 10.5 Å². The summed E-state index contributed by atoms with van der Waals surface area (Å²) in [6.07, 6.45) is 1.26. The van der Waals surface area contributed by atoms with Gasteiger partial charge in [0.2, 0.25) is 11.8 Å². The molecule has 4 rings (SSSR count). The van der Waals surface area contributed by atoms with E-state index in [0.29, 0.717) is 17.9 Å². The van der Waals surface area contributed by atoms with Crippen molar-refractivity contribution in [3.05, 3.63) is 46.5 Å². The third-order valence-corrected chi connectivity index (χ3v) is 10.5. The number of hydrogen-bond donors (Lipinski definition) is 2. The zero-order valence-electron chi connectivity index (χ0n) is 31.2. The molecule has 2 N–H and O–H groups in total. The number of esters is 1. The lowest BCUT2D eigenvalue weighted by Gasteiger charge is -2.42. The van der Waals surface area contributed by atoms with Crippen LogP contribution in [0, 0.1) is 11.8 Å². The fraction of sp³-hybridized carbons (Fsp3) is 0.622. The molecule has 0 unspecified atom stereocenters. The molecule has 4 bridgehead atoms. The van der Waals surface area contributed by atoms with Gasteiger partial charge in [0.1, 0.15) is 40.7 Å². The normalized spacial score (nSPS) is 31.4. The summed E-state index contributed by atoms with van der Waals surface area (Å²) in [5.41, 5.74) is -0.878. The van der Waals surface area contributed by atoms with Crippen LogP contribution in [0.25, 0.3) is 0 Å². The van der Waals surface area contributed by atoms with E-state index in [2.05, 4.69) is 5.32 Å².